The highest BCUT2D eigenvalue weighted by atomic mass is 16.5. The van der Waals surface area contributed by atoms with Crippen LogP contribution in [0.5, 0.6) is 5.75 Å². The van der Waals surface area contributed by atoms with Crippen LogP contribution in [-0.4, -0.2) is 24.1 Å². The predicted molar refractivity (Wildman–Crippen MR) is 132 cm³/mol. The summed E-state index contributed by atoms with van der Waals surface area (Å²) < 4.78 is 12.1. The van der Waals surface area contributed by atoms with Crippen LogP contribution in [0.3, 0.4) is 0 Å². The summed E-state index contributed by atoms with van der Waals surface area (Å²) >= 11 is 0. The topological polar surface area (TPSA) is 81.7 Å². The van der Waals surface area contributed by atoms with Crippen molar-refractivity contribution < 1.29 is 23.9 Å². The first-order valence-corrected chi connectivity index (χ1v) is 12.2. The van der Waals surface area contributed by atoms with Gasteiger partial charge in [0, 0.05) is 48.1 Å². The standard InChI is InChI=1S/C29H29NO5/c1-17-13-14-20(18(2)15-17)30-26(33)16-34-23-10-4-3-7-19(23)27-28-21(31)8-5-11-24(28)35-25-12-6-9-22(32)29(25)27/h3-4,7,10,13-15,27H,5-6,8-9,11-12,16H2,1-2H3,(H,30,33). The summed E-state index contributed by atoms with van der Waals surface area (Å²) in [4.78, 5) is 38.8. The van der Waals surface area contributed by atoms with Crippen molar-refractivity contribution in [2.75, 3.05) is 11.9 Å². The van der Waals surface area contributed by atoms with E-state index in [0.717, 1.165) is 35.2 Å². The van der Waals surface area contributed by atoms with Crippen molar-refractivity contribution in [3.05, 3.63) is 81.8 Å². The number of ketones is 2. The van der Waals surface area contributed by atoms with Crippen molar-refractivity contribution in [3.8, 4) is 5.75 Å². The zero-order valence-corrected chi connectivity index (χ0v) is 20.1. The number of hydrogen-bond acceptors (Lipinski definition) is 5. The van der Waals surface area contributed by atoms with E-state index in [9.17, 15) is 14.4 Å². The number of allylic oxidation sites excluding steroid dienone is 4. The van der Waals surface area contributed by atoms with Crippen molar-refractivity contribution in [1.82, 2.24) is 0 Å². The molecule has 0 bridgehead atoms. The van der Waals surface area contributed by atoms with Gasteiger partial charge in [0.1, 0.15) is 17.3 Å². The quantitative estimate of drug-likeness (QED) is 0.627. The monoisotopic (exact) mass is 471 g/mol. The molecule has 0 spiro atoms. The van der Waals surface area contributed by atoms with Gasteiger partial charge in [-0.15, -0.1) is 0 Å². The van der Waals surface area contributed by atoms with Gasteiger partial charge in [0.05, 0.1) is 5.92 Å². The van der Waals surface area contributed by atoms with Crippen LogP contribution in [0.25, 0.3) is 0 Å². The van der Waals surface area contributed by atoms with E-state index in [1.165, 1.54) is 0 Å². The first-order chi connectivity index (χ1) is 16.9. The summed E-state index contributed by atoms with van der Waals surface area (Å²) in [6.07, 6.45) is 3.75. The molecule has 35 heavy (non-hydrogen) atoms. The maximum absolute atomic E-state index is 13.1. The molecule has 6 nitrogen and oxygen atoms in total. The van der Waals surface area contributed by atoms with Gasteiger partial charge in [-0.3, -0.25) is 14.4 Å². The molecular formula is C29H29NO5. The summed E-state index contributed by atoms with van der Waals surface area (Å²) in [5.41, 5.74) is 4.71. The van der Waals surface area contributed by atoms with Crippen LogP contribution in [0.1, 0.15) is 61.1 Å². The van der Waals surface area contributed by atoms with Crippen LogP contribution in [0.15, 0.2) is 65.1 Å². The lowest BCUT2D eigenvalue weighted by Crippen LogP contribution is -2.30. The summed E-state index contributed by atoms with van der Waals surface area (Å²) in [5, 5.41) is 2.90. The third-order valence-electron chi connectivity index (χ3n) is 6.89. The number of para-hydroxylation sites is 1. The molecule has 180 valence electrons. The number of carbonyl (C=O) groups is 3. The van der Waals surface area contributed by atoms with E-state index < -0.39 is 5.92 Å². The zero-order valence-electron chi connectivity index (χ0n) is 20.1. The number of rotatable bonds is 5. The van der Waals surface area contributed by atoms with Crippen LogP contribution >= 0.6 is 0 Å². The Labute approximate surface area is 205 Å². The van der Waals surface area contributed by atoms with Crippen molar-refractivity contribution in [3.63, 3.8) is 0 Å². The van der Waals surface area contributed by atoms with E-state index in [4.69, 9.17) is 9.47 Å². The van der Waals surface area contributed by atoms with Gasteiger partial charge in [-0.25, -0.2) is 0 Å². The largest absolute Gasteiger partial charge is 0.483 e. The molecule has 1 N–H and O–H groups in total. The fourth-order valence-corrected chi connectivity index (χ4v) is 5.26. The normalized spacial score (nSPS) is 18.1. The smallest absolute Gasteiger partial charge is 0.262 e. The Morgan fingerprint density at radius 2 is 1.60 bits per heavy atom. The lowest BCUT2D eigenvalue weighted by molar-refractivity contribution is -0.119. The first kappa shape index (κ1) is 23.1. The highest BCUT2D eigenvalue weighted by molar-refractivity contribution is 6.06. The first-order valence-electron chi connectivity index (χ1n) is 12.2. The number of hydrogen-bond donors (Lipinski definition) is 1. The lowest BCUT2D eigenvalue weighted by Gasteiger charge is -2.36. The molecule has 0 saturated carbocycles. The molecule has 6 heteroatoms. The van der Waals surface area contributed by atoms with Crippen LogP contribution < -0.4 is 10.1 Å². The minimum Gasteiger partial charge on any atom is -0.483 e. The number of aryl methyl sites for hydroxylation is 2. The Bertz CT molecular complexity index is 1240. The molecule has 1 amide bonds. The van der Waals surface area contributed by atoms with Crippen LogP contribution in [-0.2, 0) is 19.1 Å². The Hall–Kier alpha value is -3.67. The van der Waals surface area contributed by atoms with Crippen molar-refractivity contribution in [2.45, 2.75) is 58.3 Å². The van der Waals surface area contributed by atoms with E-state index in [1.807, 2.05) is 50.2 Å². The van der Waals surface area contributed by atoms with E-state index in [2.05, 4.69) is 5.32 Å². The Kier molecular flexibility index (Phi) is 6.29. The second-order valence-electron chi connectivity index (χ2n) is 9.46. The lowest BCUT2D eigenvalue weighted by atomic mass is 9.73. The van der Waals surface area contributed by atoms with Crippen LogP contribution in [0.2, 0.25) is 0 Å². The van der Waals surface area contributed by atoms with Gasteiger partial charge < -0.3 is 14.8 Å². The Balaban J connectivity index is 1.45. The number of amides is 1. The fourth-order valence-electron chi connectivity index (χ4n) is 5.26. The van der Waals surface area contributed by atoms with Crippen LogP contribution in [0, 0.1) is 13.8 Å². The molecule has 2 aliphatic carbocycles. The molecule has 1 heterocycles. The number of ether oxygens (including phenoxy) is 2. The number of anilines is 1. The van der Waals surface area contributed by atoms with Gasteiger partial charge in [0.2, 0.25) is 0 Å². The second kappa shape index (κ2) is 9.53. The molecule has 0 atom stereocenters. The van der Waals surface area contributed by atoms with Gasteiger partial charge in [-0.1, -0.05) is 35.9 Å². The van der Waals surface area contributed by atoms with Gasteiger partial charge in [0.15, 0.2) is 18.2 Å². The van der Waals surface area contributed by atoms with E-state index >= 15 is 0 Å². The third kappa shape index (κ3) is 4.53. The summed E-state index contributed by atoms with van der Waals surface area (Å²) in [6.45, 7) is 3.76. The highest BCUT2D eigenvalue weighted by Gasteiger charge is 2.42. The average Bonchev–Trinajstić information content (AvgIpc) is 2.84. The maximum atomic E-state index is 13.1. The summed E-state index contributed by atoms with van der Waals surface area (Å²) in [7, 11) is 0. The highest BCUT2D eigenvalue weighted by Crippen LogP contribution is 2.49. The minimum atomic E-state index is -0.520. The molecule has 1 aliphatic heterocycles. The number of nitrogens with one attached hydrogen (secondary N) is 1. The molecular weight excluding hydrogens is 442 g/mol. The Morgan fingerprint density at radius 3 is 2.26 bits per heavy atom. The molecule has 0 fully saturated rings. The Morgan fingerprint density at radius 1 is 0.943 bits per heavy atom. The van der Waals surface area contributed by atoms with E-state index in [1.54, 1.807) is 6.07 Å². The van der Waals surface area contributed by atoms with Gasteiger partial charge >= 0.3 is 0 Å². The third-order valence-corrected chi connectivity index (χ3v) is 6.89. The molecule has 0 radical (unpaired) electrons. The molecule has 2 aromatic rings. The second-order valence-corrected chi connectivity index (χ2v) is 9.46. The molecule has 0 aromatic heterocycles. The average molecular weight is 472 g/mol. The van der Waals surface area contributed by atoms with Gasteiger partial charge in [-0.05, 0) is 44.4 Å². The summed E-state index contributed by atoms with van der Waals surface area (Å²) in [6, 6.07) is 13.2. The van der Waals surface area contributed by atoms with Crippen molar-refractivity contribution >= 4 is 23.2 Å². The molecule has 0 saturated heterocycles. The predicted octanol–water partition coefficient (Wildman–Crippen LogP) is 5.45. The minimum absolute atomic E-state index is 0.0172. The number of carbonyl (C=O) groups excluding carboxylic acids is 3. The molecule has 2 aromatic carbocycles. The number of Topliss-reactive ketones (excluding diaryl/α,β-unsaturated/α-hetero) is 2. The molecule has 0 unspecified atom stereocenters. The van der Waals surface area contributed by atoms with E-state index in [-0.39, 0.29) is 24.1 Å². The zero-order chi connectivity index (χ0) is 24.5. The van der Waals surface area contributed by atoms with Gasteiger partial charge in [0.25, 0.3) is 5.91 Å². The molecule has 5 rings (SSSR count). The number of benzene rings is 2. The maximum Gasteiger partial charge on any atom is 0.262 e. The van der Waals surface area contributed by atoms with Gasteiger partial charge in [-0.2, -0.15) is 0 Å². The molecule has 3 aliphatic rings. The van der Waals surface area contributed by atoms with Crippen LogP contribution in [0.4, 0.5) is 5.69 Å². The van der Waals surface area contributed by atoms with Crippen molar-refractivity contribution in [1.29, 1.82) is 0 Å². The summed E-state index contributed by atoms with van der Waals surface area (Å²) in [5.74, 6) is 1.09. The van der Waals surface area contributed by atoms with E-state index in [0.29, 0.717) is 54.1 Å². The van der Waals surface area contributed by atoms with Crippen molar-refractivity contribution in [2.24, 2.45) is 0 Å². The SMILES string of the molecule is Cc1ccc(NC(=O)COc2ccccc2C2C3=C(CCCC3=O)OC3=C2C(=O)CCC3)c(C)c1. The fraction of sp³-hybridized carbons (Fsp3) is 0.345.